The van der Waals surface area contributed by atoms with E-state index in [2.05, 4.69) is 4.98 Å². The molecule has 10 heavy (non-hydrogen) atoms. The predicted molar refractivity (Wildman–Crippen MR) is 39.6 cm³/mol. The fraction of sp³-hybridized carbons (Fsp3) is 0.375. The van der Waals surface area contributed by atoms with Crippen molar-refractivity contribution in [3.8, 4) is 0 Å². The molecule has 0 aliphatic rings. The number of aryl methyl sites for hydroxylation is 1. The summed E-state index contributed by atoms with van der Waals surface area (Å²) in [5.41, 5.74) is 3.05. The second-order valence-corrected chi connectivity index (χ2v) is 2.36. The molecule has 0 saturated carbocycles. The molecular formula is C8H11NO. The first-order valence-corrected chi connectivity index (χ1v) is 3.27. The third-order valence-corrected chi connectivity index (χ3v) is 1.73. The van der Waals surface area contributed by atoms with E-state index in [4.69, 9.17) is 5.11 Å². The molecular weight excluding hydrogens is 126 g/mol. The van der Waals surface area contributed by atoms with Gasteiger partial charge in [-0.25, -0.2) is 0 Å². The molecule has 0 spiro atoms. The summed E-state index contributed by atoms with van der Waals surface area (Å²) in [7, 11) is 0. The fourth-order valence-corrected chi connectivity index (χ4v) is 0.848. The fourth-order valence-electron chi connectivity index (χ4n) is 0.848. The number of hydrogen-bond acceptors (Lipinski definition) is 2. The Morgan fingerprint density at radius 1 is 1.50 bits per heavy atom. The van der Waals surface area contributed by atoms with E-state index in [1.807, 2.05) is 19.9 Å². The van der Waals surface area contributed by atoms with Gasteiger partial charge in [0.2, 0.25) is 0 Å². The summed E-state index contributed by atoms with van der Waals surface area (Å²) < 4.78 is 0. The molecule has 1 aromatic heterocycles. The lowest BCUT2D eigenvalue weighted by Gasteiger charge is -2.02. The average molecular weight is 137 g/mol. The number of aliphatic hydroxyl groups excluding tert-OH is 1. The minimum absolute atomic E-state index is 0.0352. The Morgan fingerprint density at radius 2 is 2.20 bits per heavy atom. The molecule has 0 bridgehead atoms. The Balaban J connectivity index is 3.14. The molecule has 0 radical (unpaired) electrons. The smallest absolute Gasteiger partial charge is 0.0855 e. The van der Waals surface area contributed by atoms with Gasteiger partial charge in [0, 0.05) is 6.20 Å². The summed E-state index contributed by atoms with van der Waals surface area (Å²) in [6.45, 7) is 4.01. The summed E-state index contributed by atoms with van der Waals surface area (Å²) in [6.07, 6.45) is 1.72. The zero-order valence-electron chi connectivity index (χ0n) is 6.26. The number of aliphatic hydroxyl groups is 1. The van der Waals surface area contributed by atoms with Gasteiger partial charge in [0.25, 0.3) is 0 Å². The van der Waals surface area contributed by atoms with Crippen molar-refractivity contribution in [1.82, 2.24) is 4.98 Å². The van der Waals surface area contributed by atoms with E-state index in [-0.39, 0.29) is 6.61 Å². The first-order valence-electron chi connectivity index (χ1n) is 3.27. The second kappa shape index (κ2) is 2.80. The summed E-state index contributed by atoms with van der Waals surface area (Å²) in [5, 5.41) is 8.78. The largest absolute Gasteiger partial charge is 0.390 e. The van der Waals surface area contributed by atoms with Crippen molar-refractivity contribution in [2.45, 2.75) is 20.5 Å². The van der Waals surface area contributed by atoms with Crippen molar-refractivity contribution in [2.24, 2.45) is 0 Å². The molecule has 0 aromatic carbocycles. The highest BCUT2D eigenvalue weighted by atomic mass is 16.3. The van der Waals surface area contributed by atoms with Crippen molar-refractivity contribution in [2.75, 3.05) is 0 Å². The SMILES string of the molecule is Cc1ccnc(CO)c1C. The van der Waals surface area contributed by atoms with Gasteiger partial charge in [-0.2, -0.15) is 0 Å². The highest BCUT2D eigenvalue weighted by Gasteiger charge is 1.98. The lowest BCUT2D eigenvalue weighted by atomic mass is 10.1. The summed E-state index contributed by atoms with van der Waals surface area (Å²) >= 11 is 0. The number of pyridine rings is 1. The maximum atomic E-state index is 8.78. The molecule has 1 aromatic rings. The van der Waals surface area contributed by atoms with E-state index in [0.29, 0.717) is 0 Å². The third kappa shape index (κ3) is 1.16. The summed E-state index contributed by atoms with van der Waals surface area (Å²) in [6, 6.07) is 1.94. The van der Waals surface area contributed by atoms with Gasteiger partial charge < -0.3 is 5.11 Å². The third-order valence-electron chi connectivity index (χ3n) is 1.73. The van der Waals surface area contributed by atoms with Crippen LogP contribution in [0.4, 0.5) is 0 Å². The van der Waals surface area contributed by atoms with Crippen LogP contribution in [0.2, 0.25) is 0 Å². The highest BCUT2D eigenvalue weighted by molar-refractivity contribution is 5.26. The minimum Gasteiger partial charge on any atom is -0.390 e. The van der Waals surface area contributed by atoms with E-state index in [1.165, 1.54) is 5.56 Å². The van der Waals surface area contributed by atoms with Crippen molar-refractivity contribution in [3.63, 3.8) is 0 Å². The maximum absolute atomic E-state index is 8.78. The minimum atomic E-state index is 0.0352. The van der Waals surface area contributed by atoms with Crippen molar-refractivity contribution < 1.29 is 5.11 Å². The van der Waals surface area contributed by atoms with Crippen LogP contribution >= 0.6 is 0 Å². The molecule has 1 N–H and O–H groups in total. The van der Waals surface area contributed by atoms with Gasteiger partial charge in [0.05, 0.1) is 12.3 Å². The van der Waals surface area contributed by atoms with E-state index in [9.17, 15) is 0 Å². The number of aromatic nitrogens is 1. The number of nitrogens with zero attached hydrogens (tertiary/aromatic N) is 1. The standard InChI is InChI=1S/C8H11NO/c1-6-3-4-9-8(5-10)7(6)2/h3-4,10H,5H2,1-2H3. The van der Waals surface area contributed by atoms with E-state index < -0.39 is 0 Å². The van der Waals surface area contributed by atoms with Gasteiger partial charge in [-0.3, -0.25) is 4.98 Å². The van der Waals surface area contributed by atoms with Gasteiger partial charge in [-0.1, -0.05) is 0 Å². The normalized spacial score (nSPS) is 9.90. The monoisotopic (exact) mass is 137 g/mol. The van der Waals surface area contributed by atoms with Gasteiger partial charge >= 0.3 is 0 Å². The van der Waals surface area contributed by atoms with Crippen LogP contribution in [0.5, 0.6) is 0 Å². The molecule has 2 heteroatoms. The van der Waals surface area contributed by atoms with Crippen LogP contribution in [0.1, 0.15) is 16.8 Å². The highest BCUT2D eigenvalue weighted by Crippen LogP contribution is 2.08. The van der Waals surface area contributed by atoms with Crippen molar-refractivity contribution in [1.29, 1.82) is 0 Å². The number of hydrogen-bond donors (Lipinski definition) is 1. The van der Waals surface area contributed by atoms with Gasteiger partial charge in [-0.15, -0.1) is 0 Å². The van der Waals surface area contributed by atoms with Gasteiger partial charge in [0.1, 0.15) is 0 Å². The van der Waals surface area contributed by atoms with Gasteiger partial charge in [0.15, 0.2) is 0 Å². The topological polar surface area (TPSA) is 33.1 Å². The predicted octanol–water partition coefficient (Wildman–Crippen LogP) is 1.19. The Bertz CT molecular complexity index is 233. The Labute approximate surface area is 60.5 Å². The van der Waals surface area contributed by atoms with Crippen LogP contribution in [0.15, 0.2) is 12.3 Å². The van der Waals surface area contributed by atoms with Crippen LogP contribution in [0.25, 0.3) is 0 Å². The molecule has 0 atom stereocenters. The molecule has 0 fully saturated rings. The molecule has 0 aliphatic carbocycles. The van der Waals surface area contributed by atoms with Crippen molar-refractivity contribution in [3.05, 3.63) is 29.1 Å². The molecule has 54 valence electrons. The molecule has 0 aliphatic heterocycles. The first kappa shape index (κ1) is 7.22. The molecule has 0 amide bonds. The van der Waals surface area contributed by atoms with E-state index in [1.54, 1.807) is 6.20 Å². The zero-order chi connectivity index (χ0) is 7.56. The lowest BCUT2D eigenvalue weighted by Crippen LogP contribution is -1.94. The maximum Gasteiger partial charge on any atom is 0.0855 e. The van der Waals surface area contributed by atoms with E-state index >= 15 is 0 Å². The molecule has 1 heterocycles. The Morgan fingerprint density at radius 3 is 2.70 bits per heavy atom. The van der Waals surface area contributed by atoms with Crippen molar-refractivity contribution >= 4 is 0 Å². The van der Waals surface area contributed by atoms with Crippen LogP contribution in [-0.4, -0.2) is 10.1 Å². The molecule has 0 unspecified atom stereocenters. The zero-order valence-corrected chi connectivity index (χ0v) is 6.26. The Hall–Kier alpha value is -0.890. The van der Waals surface area contributed by atoms with Crippen LogP contribution in [0, 0.1) is 13.8 Å². The van der Waals surface area contributed by atoms with Crippen LogP contribution < -0.4 is 0 Å². The summed E-state index contributed by atoms with van der Waals surface area (Å²) in [4.78, 5) is 4.01. The quantitative estimate of drug-likeness (QED) is 0.630. The Kier molecular flexibility index (Phi) is 2.02. The lowest BCUT2D eigenvalue weighted by molar-refractivity contribution is 0.276. The molecule has 2 nitrogen and oxygen atoms in total. The average Bonchev–Trinajstić information content (AvgIpc) is 1.95. The summed E-state index contributed by atoms with van der Waals surface area (Å²) in [5.74, 6) is 0. The van der Waals surface area contributed by atoms with Crippen LogP contribution in [0.3, 0.4) is 0 Å². The number of rotatable bonds is 1. The molecule has 1 rings (SSSR count). The van der Waals surface area contributed by atoms with Crippen LogP contribution in [-0.2, 0) is 6.61 Å². The molecule has 0 saturated heterocycles. The van der Waals surface area contributed by atoms with Gasteiger partial charge in [-0.05, 0) is 31.0 Å². The van der Waals surface area contributed by atoms with E-state index in [0.717, 1.165) is 11.3 Å². The second-order valence-electron chi connectivity index (χ2n) is 2.36. The first-order chi connectivity index (χ1) is 4.75.